The molecule has 2 N–H and O–H groups in total. The third kappa shape index (κ3) is 4.23. The number of pyridine rings is 2. The van der Waals surface area contributed by atoms with Crippen LogP contribution in [0.15, 0.2) is 24.4 Å². The third-order valence-corrected chi connectivity index (χ3v) is 3.92. The van der Waals surface area contributed by atoms with Crippen LogP contribution in [0.5, 0.6) is 0 Å². The lowest BCUT2D eigenvalue weighted by atomic mass is 9.98. The molecule has 1 aliphatic heterocycles. The van der Waals surface area contributed by atoms with Crippen molar-refractivity contribution in [3.05, 3.63) is 30.1 Å². The van der Waals surface area contributed by atoms with Crippen LogP contribution in [0, 0.1) is 5.92 Å². The van der Waals surface area contributed by atoms with Gasteiger partial charge in [-0.05, 0) is 50.0 Å². The first-order valence-corrected chi connectivity index (χ1v) is 7.31. The molecule has 23 heavy (non-hydrogen) atoms. The van der Waals surface area contributed by atoms with Crippen molar-refractivity contribution in [1.29, 1.82) is 0 Å². The van der Waals surface area contributed by atoms with Gasteiger partial charge >= 0.3 is 6.18 Å². The van der Waals surface area contributed by atoms with Gasteiger partial charge in [-0.25, -0.2) is 9.97 Å². The lowest BCUT2D eigenvalue weighted by Crippen LogP contribution is -2.31. The van der Waals surface area contributed by atoms with Gasteiger partial charge in [0.25, 0.3) is 0 Å². The van der Waals surface area contributed by atoms with Crippen molar-refractivity contribution in [3.63, 3.8) is 0 Å². The lowest BCUT2D eigenvalue weighted by Gasteiger charge is -2.23. The summed E-state index contributed by atoms with van der Waals surface area (Å²) in [7, 11) is 0. The average molecular weight is 347 g/mol. The summed E-state index contributed by atoms with van der Waals surface area (Å²) in [6.07, 6.45) is -0.761. The first-order valence-electron chi connectivity index (χ1n) is 7.31. The molecule has 3 rings (SSSR count). The maximum Gasteiger partial charge on any atom is 0.433 e. The van der Waals surface area contributed by atoms with E-state index in [0.29, 0.717) is 22.6 Å². The van der Waals surface area contributed by atoms with E-state index in [9.17, 15) is 13.2 Å². The van der Waals surface area contributed by atoms with Gasteiger partial charge in [-0.3, -0.25) is 0 Å². The molecular weight excluding hydrogens is 329 g/mol. The zero-order chi connectivity index (χ0) is 15.6. The summed E-state index contributed by atoms with van der Waals surface area (Å²) in [5.74, 6) is 1.15. The fourth-order valence-electron chi connectivity index (χ4n) is 2.68. The Morgan fingerprint density at radius 2 is 1.91 bits per heavy atom. The van der Waals surface area contributed by atoms with E-state index in [1.54, 1.807) is 0 Å². The van der Waals surface area contributed by atoms with Crippen molar-refractivity contribution in [3.8, 4) is 0 Å². The van der Waals surface area contributed by atoms with E-state index in [2.05, 4.69) is 20.6 Å². The molecule has 0 amide bonds. The Morgan fingerprint density at radius 3 is 2.61 bits per heavy atom. The Hall–Kier alpha value is -1.60. The van der Waals surface area contributed by atoms with Crippen molar-refractivity contribution >= 4 is 29.1 Å². The molecular formula is C15H18ClF3N4. The molecule has 0 atom stereocenters. The molecule has 3 heterocycles. The van der Waals surface area contributed by atoms with Gasteiger partial charge in [0.2, 0.25) is 0 Å². The molecule has 2 aromatic heterocycles. The van der Waals surface area contributed by atoms with E-state index >= 15 is 0 Å². The molecule has 4 nitrogen and oxygen atoms in total. The van der Waals surface area contributed by atoms with Crippen LogP contribution in [-0.4, -0.2) is 29.6 Å². The number of nitrogens with one attached hydrogen (secondary N) is 2. The molecule has 2 aromatic rings. The Labute approximate surface area is 138 Å². The Balaban J connectivity index is 0.00000192. The SMILES string of the molecule is Cl.FC(F)(F)c1ccc2c(NCC3CCNCC3)nccc2n1. The summed E-state index contributed by atoms with van der Waals surface area (Å²) in [5.41, 5.74) is -0.576. The molecule has 126 valence electrons. The van der Waals surface area contributed by atoms with Gasteiger partial charge < -0.3 is 10.6 Å². The highest BCUT2D eigenvalue weighted by molar-refractivity contribution is 5.89. The Kier molecular flexibility index (Phi) is 5.64. The summed E-state index contributed by atoms with van der Waals surface area (Å²) in [4.78, 5) is 7.92. The van der Waals surface area contributed by atoms with Crippen molar-refractivity contribution < 1.29 is 13.2 Å². The maximum absolute atomic E-state index is 12.7. The highest BCUT2D eigenvalue weighted by atomic mass is 35.5. The van der Waals surface area contributed by atoms with Crippen LogP contribution in [0.4, 0.5) is 19.0 Å². The monoisotopic (exact) mass is 346 g/mol. The van der Waals surface area contributed by atoms with Gasteiger partial charge in [0.1, 0.15) is 11.5 Å². The maximum atomic E-state index is 12.7. The molecule has 0 unspecified atom stereocenters. The van der Waals surface area contributed by atoms with Crippen LogP contribution < -0.4 is 10.6 Å². The van der Waals surface area contributed by atoms with E-state index < -0.39 is 11.9 Å². The van der Waals surface area contributed by atoms with Crippen LogP contribution >= 0.6 is 12.4 Å². The molecule has 0 saturated carbocycles. The molecule has 0 aromatic carbocycles. The van der Waals surface area contributed by atoms with Gasteiger partial charge in [-0.2, -0.15) is 13.2 Å². The number of aromatic nitrogens is 2. The van der Waals surface area contributed by atoms with E-state index in [-0.39, 0.29) is 12.4 Å². The first kappa shape index (κ1) is 17.7. The summed E-state index contributed by atoms with van der Waals surface area (Å²) < 4.78 is 38.1. The molecule has 0 bridgehead atoms. The van der Waals surface area contributed by atoms with E-state index in [0.717, 1.165) is 38.5 Å². The summed E-state index contributed by atoms with van der Waals surface area (Å²) in [6, 6.07) is 3.93. The standard InChI is InChI=1S/C15H17F3N4.ClH/c16-15(17,18)13-2-1-11-12(22-13)5-8-20-14(11)21-9-10-3-6-19-7-4-10;/h1-2,5,8,10,19H,3-4,6-7,9H2,(H,20,21);1H. The average Bonchev–Trinajstić information content (AvgIpc) is 2.52. The molecule has 1 saturated heterocycles. The largest absolute Gasteiger partial charge is 0.433 e. The van der Waals surface area contributed by atoms with Crippen LogP contribution in [0.2, 0.25) is 0 Å². The van der Waals surface area contributed by atoms with E-state index in [1.165, 1.54) is 18.3 Å². The second kappa shape index (κ2) is 7.31. The normalized spacial score (nSPS) is 16.1. The number of rotatable bonds is 3. The van der Waals surface area contributed by atoms with Crippen LogP contribution in [-0.2, 0) is 6.18 Å². The minimum Gasteiger partial charge on any atom is -0.369 e. The summed E-state index contributed by atoms with van der Waals surface area (Å²) >= 11 is 0. The molecule has 0 aliphatic carbocycles. The molecule has 0 spiro atoms. The van der Waals surface area contributed by atoms with E-state index in [4.69, 9.17) is 0 Å². The zero-order valence-corrected chi connectivity index (χ0v) is 13.2. The van der Waals surface area contributed by atoms with Gasteiger partial charge in [0.15, 0.2) is 0 Å². The zero-order valence-electron chi connectivity index (χ0n) is 12.4. The van der Waals surface area contributed by atoms with Gasteiger partial charge in [-0.1, -0.05) is 0 Å². The van der Waals surface area contributed by atoms with Gasteiger partial charge in [-0.15, -0.1) is 12.4 Å². The van der Waals surface area contributed by atoms with Gasteiger partial charge in [0, 0.05) is 18.1 Å². The van der Waals surface area contributed by atoms with Crippen molar-refractivity contribution in [2.75, 3.05) is 25.0 Å². The molecule has 1 aliphatic rings. The summed E-state index contributed by atoms with van der Waals surface area (Å²) in [6.45, 7) is 2.78. The highest BCUT2D eigenvalue weighted by Crippen LogP contribution is 2.30. The van der Waals surface area contributed by atoms with Crippen LogP contribution in [0.25, 0.3) is 10.9 Å². The lowest BCUT2D eigenvalue weighted by molar-refractivity contribution is -0.140. The third-order valence-electron chi connectivity index (χ3n) is 3.92. The number of nitrogens with zero attached hydrogens (tertiary/aromatic N) is 2. The minimum absolute atomic E-state index is 0. The fourth-order valence-corrected chi connectivity index (χ4v) is 2.68. The summed E-state index contributed by atoms with van der Waals surface area (Å²) in [5, 5.41) is 7.17. The highest BCUT2D eigenvalue weighted by Gasteiger charge is 2.32. The molecule has 0 radical (unpaired) electrons. The smallest absolute Gasteiger partial charge is 0.369 e. The van der Waals surface area contributed by atoms with E-state index in [1.807, 2.05) is 0 Å². The second-order valence-electron chi connectivity index (χ2n) is 5.49. The molecule has 8 heteroatoms. The number of hydrogen-bond donors (Lipinski definition) is 2. The number of fused-ring (bicyclic) bond motifs is 1. The van der Waals surface area contributed by atoms with Crippen molar-refractivity contribution in [1.82, 2.24) is 15.3 Å². The predicted octanol–water partition coefficient (Wildman–Crippen LogP) is 3.48. The number of hydrogen-bond acceptors (Lipinski definition) is 4. The van der Waals surface area contributed by atoms with Crippen LogP contribution in [0.1, 0.15) is 18.5 Å². The predicted molar refractivity (Wildman–Crippen MR) is 85.9 cm³/mol. The van der Waals surface area contributed by atoms with Crippen molar-refractivity contribution in [2.24, 2.45) is 5.92 Å². The second-order valence-corrected chi connectivity index (χ2v) is 5.49. The van der Waals surface area contributed by atoms with Crippen LogP contribution in [0.3, 0.4) is 0 Å². The number of halogens is 4. The minimum atomic E-state index is -4.43. The van der Waals surface area contributed by atoms with Gasteiger partial charge in [0.05, 0.1) is 5.52 Å². The number of alkyl halides is 3. The molecule has 1 fully saturated rings. The van der Waals surface area contributed by atoms with Crippen molar-refractivity contribution in [2.45, 2.75) is 19.0 Å². The number of piperidine rings is 1. The number of anilines is 1. The Morgan fingerprint density at radius 1 is 1.17 bits per heavy atom. The quantitative estimate of drug-likeness (QED) is 0.893. The first-order chi connectivity index (χ1) is 10.5. The Bertz CT molecular complexity index is 657. The fraction of sp³-hybridized carbons (Fsp3) is 0.467. The topological polar surface area (TPSA) is 49.8 Å².